The lowest BCUT2D eigenvalue weighted by molar-refractivity contribution is 0.0650. The Kier molecular flexibility index (Phi) is 6.04. The molecule has 0 aliphatic carbocycles. The van der Waals surface area contributed by atoms with E-state index in [4.69, 9.17) is 4.42 Å². The van der Waals surface area contributed by atoms with Crippen LogP contribution in [0.4, 0.5) is 0 Å². The first-order chi connectivity index (χ1) is 16.6. The van der Waals surface area contributed by atoms with Gasteiger partial charge in [0.1, 0.15) is 0 Å². The van der Waals surface area contributed by atoms with Crippen molar-refractivity contribution < 1.29 is 14.0 Å². The van der Waals surface area contributed by atoms with E-state index in [2.05, 4.69) is 10.2 Å². The van der Waals surface area contributed by atoms with Gasteiger partial charge < -0.3 is 9.32 Å². The predicted molar refractivity (Wildman–Crippen MR) is 129 cm³/mol. The van der Waals surface area contributed by atoms with Crippen LogP contribution >= 0.6 is 0 Å². The summed E-state index contributed by atoms with van der Waals surface area (Å²) >= 11 is 0. The van der Waals surface area contributed by atoms with Gasteiger partial charge in [-0.1, -0.05) is 48.0 Å². The second-order valence-corrected chi connectivity index (χ2v) is 8.65. The van der Waals surface area contributed by atoms with Crippen LogP contribution in [0.2, 0.25) is 0 Å². The maximum atomic E-state index is 13.0. The van der Waals surface area contributed by atoms with Crippen molar-refractivity contribution in [2.45, 2.75) is 19.8 Å². The zero-order valence-electron chi connectivity index (χ0n) is 19.0. The summed E-state index contributed by atoms with van der Waals surface area (Å²) < 4.78 is 5.83. The number of aromatic nitrogens is 2. The molecule has 0 saturated carbocycles. The molecule has 1 aliphatic rings. The molecule has 0 spiro atoms. The highest BCUT2D eigenvalue weighted by atomic mass is 16.4. The van der Waals surface area contributed by atoms with Crippen molar-refractivity contribution >= 4 is 11.7 Å². The van der Waals surface area contributed by atoms with E-state index in [1.807, 2.05) is 78.6 Å². The molecule has 1 amide bonds. The summed E-state index contributed by atoms with van der Waals surface area (Å²) in [7, 11) is 0. The molecule has 0 bridgehead atoms. The molecule has 3 aromatic carbocycles. The Morgan fingerprint density at radius 1 is 0.765 bits per heavy atom. The fourth-order valence-electron chi connectivity index (χ4n) is 4.27. The topological polar surface area (TPSA) is 76.3 Å². The number of hydrogen-bond acceptors (Lipinski definition) is 5. The number of carbonyl (C=O) groups excluding carboxylic acids is 2. The molecular formula is C28H25N3O3. The quantitative estimate of drug-likeness (QED) is 0.377. The van der Waals surface area contributed by atoms with Gasteiger partial charge in [-0.3, -0.25) is 9.59 Å². The van der Waals surface area contributed by atoms with Crippen molar-refractivity contribution in [1.82, 2.24) is 15.1 Å². The van der Waals surface area contributed by atoms with Gasteiger partial charge in [-0.25, -0.2) is 0 Å². The normalized spacial score (nSPS) is 14.2. The maximum Gasteiger partial charge on any atom is 0.253 e. The first-order valence-corrected chi connectivity index (χ1v) is 11.5. The smallest absolute Gasteiger partial charge is 0.253 e. The first-order valence-electron chi connectivity index (χ1n) is 11.5. The Labute approximate surface area is 198 Å². The standard InChI is InChI=1S/C28H25N3O3/c1-19-7-9-22(10-8-19)26-29-30-27(34-26)23-11-13-24(14-12-23)28(33)31-17-15-21(16-18-31)25(32)20-5-3-2-4-6-20/h2-14,21H,15-18H2,1H3. The van der Waals surface area contributed by atoms with Gasteiger partial charge in [0.2, 0.25) is 11.8 Å². The van der Waals surface area contributed by atoms with Crippen LogP contribution in [0.15, 0.2) is 83.3 Å². The first kappa shape index (κ1) is 21.8. The zero-order valence-corrected chi connectivity index (χ0v) is 19.0. The average molecular weight is 452 g/mol. The second kappa shape index (κ2) is 9.43. The van der Waals surface area contributed by atoms with E-state index in [1.54, 1.807) is 12.1 Å². The van der Waals surface area contributed by atoms with Crippen LogP contribution in [0.1, 0.15) is 39.1 Å². The second-order valence-electron chi connectivity index (χ2n) is 8.65. The molecule has 0 unspecified atom stereocenters. The van der Waals surface area contributed by atoms with E-state index in [1.165, 1.54) is 0 Å². The Morgan fingerprint density at radius 2 is 1.32 bits per heavy atom. The van der Waals surface area contributed by atoms with E-state index >= 15 is 0 Å². The van der Waals surface area contributed by atoms with E-state index < -0.39 is 0 Å². The molecule has 0 N–H and O–H groups in total. The number of rotatable bonds is 5. The third-order valence-electron chi connectivity index (χ3n) is 6.31. The highest BCUT2D eigenvalue weighted by Crippen LogP contribution is 2.26. The van der Waals surface area contributed by atoms with Crippen molar-refractivity contribution in [2.75, 3.05) is 13.1 Å². The van der Waals surface area contributed by atoms with Crippen LogP contribution in [-0.2, 0) is 0 Å². The fourth-order valence-corrected chi connectivity index (χ4v) is 4.27. The molecular weight excluding hydrogens is 426 g/mol. The van der Waals surface area contributed by atoms with Crippen LogP contribution < -0.4 is 0 Å². The van der Waals surface area contributed by atoms with Gasteiger partial charge in [0.15, 0.2) is 5.78 Å². The molecule has 34 heavy (non-hydrogen) atoms. The molecule has 1 aromatic heterocycles. The Balaban J connectivity index is 1.22. The highest BCUT2D eigenvalue weighted by Gasteiger charge is 2.28. The maximum absolute atomic E-state index is 13.0. The number of likely N-dealkylation sites (tertiary alicyclic amines) is 1. The number of carbonyl (C=O) groups is 2. The minimum Gasteiger partial charge on any atom is -0.416 e. The van der Waals surface area contributed by atoms with E-state index in [9.17, 15) is 9.59 Å². The van der Waals surface area contributed by atoms with Gasteiger partial charge in [0.05, 0.1) is 0 Å². The van der Waals surface area contributed by atoms with Crippen LogP contribution in [-0.4, -0.2) is 39.9 Å². The number of nitrogens with zero attached hydrogens (tertiary/aromatic N) is 3. The Hall–Kier alpha value is -4.06. The van der Waals surface area contributed by atoms with Crippen LogP contribution in [0.25, 0.3) is 22.9 Å². The van der Waals surface area contributed by atoms with Crippen molar-refractivity contribution in [3.05, 3.63) is 95.6 Å². The number of hydrogen-bond donors (Lipinski definition) is 0. The molecule has 6 nitrogen and oxygen atoms in total. The molecule has 0 atom stereocenters. The van der Waals surface area contributed by atoms with Crippen molar-refractivity contribution in [1.29, 1.82) is 0 Å². The monoisotopic (exact) mass is 451 g/mol. The van der Waals surface area contributed by atoms with Gasteiger partial charge in [0.25, 0.3) is 5.91 Å². The van der Waals surface area contributed by atoms with Gasteiger partial charge >= 0.3 is 0 Å². The minimum absolute atomic E-state index is 0.0250. The number of Topliss-reactive ketones (excluding diaryl/α,β-unsaturated/α-hetero) is 1. The molecule has 0 radical (unpaired) electrons. The lowest BCUT2D eigenvalue weighted by atomic mass is 9.88. The zero-order chi connectivity index (χ0) is 23.5. The van der Waals surface area contributed by atoms with E-state index in [0.29, 0.717) is 43.3 Å². The van der Waals surface area contributed by atoms with Crippen LogP contribution in [0, 0.1) is 12.8 Å². The van der Waals surface area contributed by atoms with Gasteiger partial charge in [-0.15, -0.1) is 10.2 Å². The Morgan fingerprint density at radius 3 is 1.91 bits per heavy atom. The van der Waals surface area contributed by atoms with Gasteiger partial charge in [0, 0.05) is 41.3 Å². The number of piperidine rings is 1. The van der Waals surface area contributed by atoms with E-state index in [0.717, 1.165) is 22.3 Å². The third kappa shape index (κ3) is 4.53. The van der Waals surface area contributed by atoms with Crippen LogP contribution in [0.3, 0.4) is 0 Å². The molecule has 170 valence electrons. The van der Waals surface area contributed by atoms with Crippen molar-refractivity contribution in [3.63, 3.8) is 0 Å². The SMILES string of the molecule is Cc1ccc(-c2nnc(-c3ccc(C(=O)N4CCC(C(=O)c5ccccc5)CC4)cc3)o2)cc1. The number of amides is 1. The average Bonchev–Trinajstić information content (AvgIpc) is 3.39. The summed E-state index contributed by atoms with van der Waals surface area (Å²) in [6, 6.07) is 24.5. The summed E-state index contributed by atoms with van der Waals surface area (Å²) in [6.07, 6.45) is 1.36. The lowest BCUT2D eigenvalue weighted by Gasteiger charge is -2.31. The van der Waals surface area contributed by atoms with Crippen molar-refractivity contribution in [2.24, 2.45) is 5.92 Å². The molecule has 1 aliphatic heterocycles. The number of benzene rings is 3. The predicted octanol–water partition coefficient (Wildman–Crippen LogP) is 5.45. The molecule has 1 saturated heterocycles. The number of aryl methyl sites for hydroxylation is 1. The van der Waals surface area contributed by atoms with Gasteiger partial charge in [-0.2, -0.15) is 0 Å². The molecule has 2 heterocycles. The summed E-state index contributed by atoms with van der Waals surface area (Å²) in [5, 5.41) is 8.30. The summed E-state index contributed by atoms with van der Waals surface area (Å²) in [6.45, 7) is 3.18. The lowest BCUT2D eigenvalue weighted by Crippen LogP contribution is -2.40. The largest absolute Gasteiger partial charge is 0.416 e. The third-order valence-corrected chi connectivity index (χ3v) is 6.31. The summed E-state index contributed by atoms with van der Waals surface area (Å²) in [5.41, 5.74) is 4.14. The molecule has 4 aromatic rings. The molecule has 6 heteroatoms. The van der Waals surface area contributed by atoms with Crippen molar-refractivity contribution in [3.8, 4) is 22.9 Å². The van der Waals surface area contributed by atoms with Crippen LogP contribution in [0.5, 0.6) is 0 Å². The van der Waals surface area contributed by atoms with E-state index in [-0.39, 0.29) is 17.6 Å². The minimum atomic E-state index is -0.0333. The molecule has 5 rings (SSSR count). The van der Waals surface area contributed by atoms with Gasteiger partial charge in [-0.05, 0) is 56.2 Å². The highest BCUT2D eigenvalue weighted by molar-refractivity contribution is 5.98. The summed E-state index contributed by atoms with van der Waals surface area (Å²) in [5.74, 6) is 0.983. The Bertz CT molecular complexity index is 1290. The molecule has 1 fully saturated rings. The summed E-state index contributed by atoms with van der Waals surface area (Å²) in [4.78, 5) is 27.5. The number of ketones is 1. The fraction of sp³-hybridized carbons (Fsp3) is 0.214.